The molecular weight excluding hydrogens is 186 g/mol. The van der Waals surface area contributed by atoms with Gasteiger partial charge in [-0.25, -0.2) is 4.98 Å². The van der Waals surface area contributed by atoms with Crippen LogP contribution in [0.3, 0.4) is 0 Å². The first-order chi connectivity index (χ1) is 7.07. The number of rotatable bonds is 3. The molecule has 1 aliphatic rings. The minimum atomic E-state index is -0.278. The van der Waals surface area contributed by atoms with Gasteiger partial charge in [0.2, 0.25) is 0 Å². The Bertz CT molecular complexity index is 405. The van der Waals surface area contributed by atoms with Crippen LogP contribution in [0.15, 0.2) is 0 Å². The van der Waals surface area contributed by atoms with Gasteiger partial charge in [-0.3, -0.25) is 0 Å². The van der Waals surface area contributed by atoms with Crippen LogP contribution in [0.25, 0.3) is 0 Å². The van der Waals surface area contributed by atoms with E-state index in [-0.39, 0.29) is 5.41 Å². The number of H-pyrrole nitrogens is 1. The minimum absolute atomic E-state index is 0.278. The lowest BCUT2D eigenvalue weighted by Gasteiger charge is -2.01. The van der Waals surface area contributed by atoms with Crippen LogP contribution in [0.2, 0.25) is 0 Å². The van der Waals surface area contributed by atoms with Crippen molar-refractivity contribution in [2.75, 3.05) is 0 Å². The Balaban J connectivity index is 2.26. The molecule has 0 spiro atoms. The average Bonchev–Trinajstić information content (AvgIpc) is 2.88. The predicted molar refractivity (Wildman–Crippen MR) is 58.4 cm³/mol. The summed E-state index contributed by atoms with van der Waals surface area (Å²) in [5.74, 6) is 1.50. The number of imidazole rings is 1. The number of hydrogen-bond donors (Lipinski definition) is 1. The molecule has 0 saturated heterocycles. The number of aromatic nitrogens is 2. The van der Waals surface area contributed by atoms with Crippen molar-refractivity contribution in [2.24, 2.45) is 5.92 Å². The third-order valence-electron chi connectivity index (χ3n) is 3.00. The van der Waals surface area contributed by atoms with Gasteiger partial charge in [-0.2, -0.15) is 5.26 Å². The van der Waals surface area contributed by atoms with Crippen LogP contribution in [0.4, 0.5) is 0 Å². The van der Waals surface area contributed by atoms with E-state index in [1.54, 1.807) is 0 Å². The maximum atomic E-state index is 9.08. The molecule has 0 unspecified atom stereocenters. The second-order valence-electron chi connectivity index (χ2n) is 4.95. The summed E-state index contributed by atoms with van der Waals surface area (Å²) in [6, 6.07) is 2.37. The van der Waals surface area contributed by atoms with Crippen molar-refractivity contribution in [3.05, 3.63) is 17.2 Å². The van der Waals surface area contributed by atoms with Gasteiger partial charge in [0, 0.05) is 5.69 Å². The van der Waals surface area contributed by atoms with Gasteiger partial charge in [0.15, 0.2) is 0 Å². The van der Waals surface area contributed by atoms with Gasteiger partial charge in [-0.05, 0) is 32.1 Å². The monoisotopic (exact) mass is 203 g/mol. The Morgan fingerprint density at radius 3 is 2.67 bits per heavy atom. The molecule has 0 radical (unpaired) electrons. The van der Waals surface area contributed by atoms with Crippen molar-refractivity contribution in [2.45, 2.75) is 45.4 Å². The van der Waals surface area contributed by atoms with Crippen LogP contribution >= 0.6 is 0 Å². The third kappa shape index (κ3) is 1.77. The molecule has 1 N–H and O–H groups in total. The molecule has 0 aliphatic heterocycles. The lowest BCUT2D eigenvalue weighted by molar-refractivity contribution is 0.633. The van der Waals surface area contributed by atoms with Gasteiger partial charge >= 0.3 is 0 Å². The summed E-state index contributed by atoms with van der Waals surface area (Å²) < 4.78 is 0. The lowest BCUT2D eigenvalue weighted by atomic mass is 10.1. The first-order valence-electron chi connectivity index (χ1n) is 5.54. The van der Waals surface area contributed by atoms with Crippen LogP contribution < -0.4 is 0 Å². The van der Waals surface area contributed by atoms with E-state index in [4.69, 9.17) is 5.26 Å². The van der Waals surface area contributed by atoms with Crippen LogP contribution in [0, 0.1) is 24.2 Å². The fraction of sp³-hybridized carbons (Fsp3) is 0.667. The molecule has 0 aromatic carbocycles. The van der Waals surface area contributed by atoms with E-state index < -0.39 is 0 Å². The molecule has 3 heteroatoms. The van der Waals surface area contributed by atoms with Crippen molar-refractivity contribution >= 4 is 0 Å². The third-order valence-corrected chi connectivity index (χ3v) is 3.00. The SMILES string of the molecule is Cc1[nH]c(C2(C#N)CC2)nc1CC(C)C. The largest absolute Gasteiger partial charge is 0.345 e. The summed E-state index contributed by atoms with van der Waals surface area (Å²) >= 11 is 0. The summed E-state index contributed by atoms with van der Waals surface area (Å²) in [6.45, 7) is 6.41. The van der Waals surface area contributed by atoms with Crippen LogP contribution in [-0.4, -0.2) is 9.97 Å². The van der Waals surface area contributed by atoms with Crippen molar-refractivity contribution in [1.29, 1.82) is 5.26 Å². The molecule has 1 saturated carbocycles. The molecule has 1 aromatic heterocycles. The molecule has 1 heterocycles. The van der Waals surface area contributed by atoms with Gasteiger partial charge in [0.25, 0.3) is 0 Å². The zero-order valence-corrected chi connectivity index (χ0v) is 9.59. The first kappa shape index (κ1) is 10.2. The van der Waals surface area contributed by atoms with Crippen LogP contribution in [0.1, 0.15) is 43.9 Å². The van der Waals surface area contributed by atoms with Crippen molar-refractivity contribution < 1.29 is 0 Å². The van der Waals surface area contributed by atoms with E-state index in [1.807, 2.05) is 6.92 Å². The number of aromatic amines is 1. The van der Waals surface area contributed by atoms with E-state index in [1.165, 1.54) is 0 Å². The fourth-order valence-corrected chi connectivity index (χ4v) is 1.84. The van der Waals surface area contributed by atoms with Gasteiger partial charge in [0.05, 0.1) is 11.8 Å². The van der Waals surface area contributed by atoms with E-state index >= 15 is 0 Å². The highest BCUT2D eigenvalue weighted by molar-refractivity contribution is 5.32. The van der Waals surface area contributed by atoms with Crippen molar-refractivity contribution in [3.8, 4) is 6.07 Å². The zero-order chi connectivity index (χ0) is 11.1. The Kier molecular flexibility index (Phi) is 2.30. The minimum Gasteiger partial charge on any atom is -0.345 e. The molecular formula is C12H17N3. The van der Waals surface area contributed by atoms with Gasteiger partial charge < -0.3 is 4.98 Å². The van der Waals surface area contributed by atoms with Crippen LogP contribution in [-0.2, 0) is 11.8 Å². The molecule has 80 valence electrons. The highest BCUT2D eigenvalue weighted by atomic mass is 15.0. The standard InChI is InChI=1S/C12H17N3/c1-8(2)6-10-9(3)14-11(15-10)12(7-13)4-5-12/h8H,4-6H2,1-3H3,(H,14,15). The second kappa shape index (κ2) is 3.37. The predicted octanol–water partition coefficient (Wildman–Crippen LogP) is 2.47. The fourth-order valence-electron chi connectivity index (χ4n) is 1.84. The topological polar surface area (TPSA) is 52.5 Å². The van der Waals surface area contributed by atoms with Gasteiger partial charge in [-0.15, -0.1) is 0 Å². The number of aryl methyl sites for hydroxylation is 1. The number of nitrogens with one attached hydrogen (secondary N) is 1. The summed E-state index contributed by atoms with van der Waals surface area (Å²) in [6.07, 6.45) is 2.90. The molecule has 15 heavy (non-hydrogen) atoms. The molecule has 0 atom stereocenters. The molecule has 0 amide bonds. The Morgan fingerprint density at radius 1 is 1.53 bits per heavy atom. The lowest BCUT2D eigenvalue weighted by Crippen LogP contribution is -2.05. The maximum Gasteiger partial charge on any atom is 0.127 e. The number of nitrogens with zero attached hydrogens (tertiary/aromatic N) is 2. The second-order valence-corrected chi connectivity index (χ2v) is 4.95. The smallest absolute Gasteiger partial charge is 0.127 e. The van der Waals surface area contributed by atoms with E-state index in [0.29, 0.717) is 5.92 Å². The quantitative estimate of drug-likeness (QED) is 0.820. The summed E-state index contributed by atoms with van der Waals surface area (Å²) in [7, 11) is 0. The molecule has 1 aromatic rings. The average molecular weight is 203 g/mol. The highest BCUT2D eigenvalue weighted by Gasteiger charge is 2.47. The Morgan fingerprint density at radius 2 is 2.20 bits per heavy atom. The molecule has 0 bridgehead atoms. The van der Waals surface area contributed by atoms with Gasteiger partial charge in [-0.1, -0.05) is 13.8 Å². The summed E-state index contributed by atoms with van der Waals surface area (Å²) in [5.41, 5.74) is 1.97. The highest BCUT2D eigenvalue weighted by Crippen LogP contribution is 2.46. The summed E-state index contributed by atoms with van der Waals surface area (Å²) in [4.78, 5) is 7.85. The molecule has 1 fully saturated rings. The molecule has 1 aliphatic carbocycles. The zero-order valence-electron chi connectivity index (χ0n) is 9.59. The van der Waals surface area contributed by atoms with E-state index in [2.05, 4.69) is 29.9 Å². The number of nitriles is 1. The van der Waals surface area contributed by atoms with E-state index in [9.17, 15) is 0 Å². The number of hydrogen-bond acceptors (Lipinski definition) is 2. The Hall–Kier alpha value is -1.30. The molecule has 3 nitrogen and oxygen atoms in total. The van der Waals surface area contributed by atoms with Gasteiger partial charge in [0.1, 0.15) is 11.2 Å². The van der Waals surface area contributed by atoms with E-state index in [0.717, 1.165) is 36.5 Å². The van der Waals surface area contributed by atoms with Crippen molar-refractivity contribution in [1.82, 2.24) is 9.97 Å². The Labute approximate surface area is 90.5 Å². The van der Waals surface area contributed by atoms with Crippen LogP contribution in [0.5, 0.6) is 0 Å². The normalized spacial score (nSPS) is 17.8. The molecule has 2 rings (SSSR count). The first-order valence-corrected chi connectivity index (χ1v) is 5.54. The summed E-state index contributed by atoms with van der Waals surface area (Å²) in [5, 5.41) is 9.08. The van der Waals surface area contributed by atoms with Crippen molar-refractivity contribution in [3.63, 3.8) is 0 Å². The maximum absolute atomic E-state index is 9.08.